The van der Waals surface area contributed by atoms with Gasteiger partial charge in [0.2, 0.25) is 11.0 Å². The zero-order valence-electron chi connectivity index (χ0n) is 12.3. The van der Waals surface area contributed by atoms with Crippen molar-refractivity contribution < 1.29 is 4.79 Å². The van der Waals surface area contributed by atoms with Gasteiger partial charge in [-0.1, -0.05) is 65.6 Å². The van der Waals surface area contributed by atoms with Crippen LogP contribution in [-0.2, 0) is 4.79 Å². The molecule has 114 valence electrons. The molecule has 4 nitrogen and oxygen atoms in total. The standard InChI is InChI=1S/C16H17N3OS2/c1-10(2)9-21-16-19-18-15(22-16)17-14(20)13-8-12(13)11-6-4-3-5-7-11/h3-7,12-13H,1,8-9H2,2H3,(H,17,18,20)/t12-,13?/m0/s1. The number of anilines is 1. The molecule has 6 heteroatoms. The Bertz CT molecular complexity index is 684. The number of aromatic nitrogens is 2. The molecule has 0 radical (unpaired) electrons. The summed E-state index contributed by atoms with van der Waals surface area (Å²) >= 11 is 3.01. The first-order chi connectivity index (χ1) is 10.6. The number of carbonyl (C=O) groups is 1. The lowest BCUT2D eigenvalue weighted by Crippen LogP contribution is -2.14. The van der Waals surface area contributed by atoms with Gasteiger partial charge in [0.25, 0.3) is 0 Å². The normalized spacial score (nSPS) is 19.7. The van der Waals surface area contributed by atoms with Gasteiger partial charge in [0.15, 0.2) is 4.34 Å². The highest BCUT2D eigenvalue weighted by atomic mass is 32.2. The summed E-state index contributed by atoms with van der Waals surface area (Å²) in [5, 5.41) is 11.6. The fourth-order valence-corrected chi connectivity index (χ4v) is 3.85. The Balaban J connectivity index is 1.54. The van der Waals surface area contributed by atoms with E-state index in [4.69, 9.17) is 0 Å². The Kier molecular flexibility index (Phi) is 4.59. The van der Waals surface area contributed by atoms with Crippen molar-refractivity contribution in [2.75, 3.05) is 11.1 Å². The van der Waals surface area contributed by atoms with Crippen LogP contribution < -0.4 is 5.32 Å². The van der Waals surface area contributed by atoms with Crippen LogP contribution in [-0.4, -0.2) is 21.9 Å². The third-order valence-corrected chi connectivity index (χ3v) is 5.64. The molecule has 1 unspecified atom stereocenters. The third-order valence-electron chi connectivity index (χ3n) is 3.43. The van der Waals surface area contributed by atoms with Gasteiger partial charge < -0.3 is 5.32 Å². The zero-order chi connectivity index (χ0) is 15.5. The van der Waals surface area contributed by atoms with Crippen molar-refractivity contribution in [3.05, 3.63) is 48.0 Å². The maximum Gasteiger partial charge on any atom is 0.229 e. The monoisotopic (exact) mass is 331 g/mol. The molecule has 0 saturated heterocycles. The molecule has 3 rings (SSSR count). The Hall–Kier alpha value is -1.66. The zero-order valence-corrected chi connectivity index (χ0v) is 13.9. The first kappa shape index (κ1) is 15.2. The van der Waals surface area contributed by atoms with Crippen molar-refractivity contribution in [3.63, 3.8) is 0 Å². The quantitative estimate of drug-likeness (QED) is 0.495. The second-order valence-corrected chi connectivity index (χ2v) is 7.67. The molecule has 1 saturated carbocycles. The van der Waals surface area contributed by atoms with E-state index < -0.39 is 0 Å². The predicted molar refractivity (Wildman–Crippen MR) is 91.4 cm³/mol. The molecular formula is C16H17N3OS2. The fraction of sp³-hybridized carbons (Fsp3) is 0.312. The van der Waals surface area contributed by atoms with Crippen LogP contribution in [0.25, 0.3) is 0 Å². The minimum atomic E-state index is 0.0430. The molecule has 1 aliphatic rings. The third kappa shape index (κ3) is 3.75. The summed E-state index contributed by atoms with van der Waals surface area (Å²) in [7, 11) is 0. The van der Waals surface area contributed by atoms with E-state index in [9.17, 15) is 4.79 Å². The van der Waals surface area contributed by atoms with Crippen LogP contribution in [0.4, 0.5) is 5.13 Å². The lowest BCUT2D eigenvalue weighted by Gasteiger charge is -2.00. The van der Waals surface area contributed by atoms with Gasteiger partial charge in [-0.25, -0.2) is 0 Å². The minimum absolute atomic E-state index is 0.0430. The van der Waals surface area contributed by atoms with Crippen molar-refractivity contribution in [1.29, 1.82) is 0 Å². The molecular weight excluding hydrogens is 314 g/mol. The van der Waals surface area contributed by atoms with Crippen LogP contribution in [0.15, 0.2) is 46.8 Å². The first-order valence-corrected chi connectivity index (χ1v) is 8.90. The van der Waals surface area contributed by atoms with E-state index in [1.165, 1.54) is 16.9 Å². The highest BCUT2D eigenvalue weighted by Crippen LogP contribution is 2.48. The van der Waals surface area contributed by atoms with Crippen molar-refractivity contribution in [3.8, 4) is 0 Å². The van der Waals surface area contributed by atoms with Gasteiger partial charge in [0.1, 0.15) is 0 Å². The number of nitrogens with one attached hydrogen (secondary N) is 1. The second kappa shape index (κ2) is 6.62. The van der Waals surface area contributed by atoms with E-state index in [1.54, 1.807) is 11.8 Å². The number of nitrogens with zero attached hydrogens (tertiary/aromatic N) is 2. The van der Waals surface area contributed by atoms with Crippen molar-refractivity contribution in [1.82, 2.24) is 10.2 Å². The summed E-state index contributed by atoms with van der Waals surface area (Å²) in [6.07, 6.45) is 0.909. The Morgan fingerprint density at radius 1 is 1.41 bits per heavy atom. The van der Waals surface area contributed by atoms with E-state index in [0.717, 1.165) is 22.1 Å². The lowest BCUT2D eigenvalue weighted by atomic mass is 10.1. The van der Waals surface area contributed by atoms with Gasteiger partial charge in [-0.15, -0.1) is 10.2 Å². The fourth-order valence-electron chi connectivity index (χ4n) is 2.26. The number of thioether (sulfide) groups is 1. The molecule has 0 aliphatic heterocycles. The van der Waals surface area contributed by atoms with Crippen LogP contribution in [0.5, 0.6) is 0 Å². The average Bonchev–Trinajstić information content (AvgIpc) is 3.20. The second-order valence-electron chi connectivity index (χ2n) is 5.47. The van der Waals surface area contributed by atoms with Crippen LogP contribution in [0.3, 0.4) is 0 Å². The van der Waals surface area contributed by atoms with Crippen LogP contribution >= 0.6 is 23.1 Å². The summed E-state index contributed by atoms with van der Waals surface area (Å²) in [6.45, 7) is 5.84. The highest BCUT2D eigenvalue weighted by Gasteiger charge is 2.44. The van der Waals surface area contributed by atoms with E-state index in [2.05, 4.69) is 34.2 Å². The van der Waals surface area contributed by atoms with Crippen molar-refractivity contribution in [2.24, 2.45) is 5.92 Å². The van der Waals surface area contributed by atoms with Crippen molar-refractivity contribution >= 4 is 34.1 Å². The SMILES string of the molecule is C=C(C)CSc1nnc(NC(=O)C2C[C@H]2c2ccccc2)s1. The van der Waals surface area contributed by atoms with Gasteiger partial charge in [-0.3, -0.25) is 4.79 Å². The molecule has 0 spiro atoms. The predicted octanol–water partition coefficient (Wildman–Crippen LogP) is 3.95. The maximum absolute atomic E-state index is 12.2. The number of carbonyl (C=O) groups excluding carboxylic acids is 1. The minimum Gasteiger partial charge on any atom is -0.300 e. The van der Waals surface area contributed by atoms with Gasteiger partial charge >= 0.3 is 0 Å². The summed E-state index contributed by atoms with van der Waals surface area (Å²) < 4.78 is 0.855. The van der Waals surface area contributed by atoms with Crippen LogP contribution in [0.2, 0.25) is 0 Å². The number of rotatable bonds is 6. The van der Waals surface area contributed by atoms with Gasteiger partial charge in [0, 0.05) is 11.7 Å². The Morgan fingerprint density at radius 3 is 2.91 bits per heavy atom. The smallest absolute Gasteiger partial charge is 0.229 e. The van der Waals surface area contributed by atoms with Crippen LogP contribution in [0, 0.1) is 5.92 Å². The molecule has 22 heavy (non-hydrogen) atoms. The Morgan fingerprint density at radius 2 is 2.18 bits per heavy atom. The number of hydrogen-bond acceptors (Lipinski definition) is 5. The first-order valence-electron chi connectivity index (χ1n) is 7.10. The molecule has 1 N–H and O–H groups in total. The molecule has 1 heterocycles. The summed E-state index contributed by atoms with van der Waals surface area (Å²) in [5.74, 6) is 1.26. The largest absolute Gasteiger partial charge is 0.300 e. The molecule has 1 amide bonds. The summed E-state index contributed by atoms with van der Waals surface area (Å²) in [4.78, 5) is 12.2. The van der Waals surface area contributed by atoms with Gasteiger partial charge in [0.05, 0.1) is 0 Å². The Labute approximate surface area is 138 Å². The van der Waals surface area contributed by atoms with E-state index >= 15 is 0 Å². The molecule has 1 aromatic carbocycles. The number of hydrogen-bond donors (Lipinski definition) is 1. The topological polar surface area (TPSA) is 54.9 Å². The summed E-state index contributed by atoms with van der Waals surface area (Å²) in [6, 6.07) is 10.2. The molecule has 2 atom stereocenters. The summed E-state index contributed by atoms with van der Waals surface area (Å²) in [5.41, 5.74) is 2.33. The highest BCUT2D eigenvalue weighted by molar-refractivity contribution is 8.01. The van der Waals surface area contributed by atoms with Crippen LogP contribution in [0.1, 0.15) is 24.8 Å². The molecule has 2 aromatic rings. The van der Waals surface area contributed by atoms with Gasteiger partial charge in [-0.05, 0) is 24.8 Å². The molecule has 1 aliphatic carbocycles. The molecule has 0 bridgehead atoms. The number of amides is 1. The van der Waals surface area contributed by atoms with E-state index in [0.29, 0.717) is 11.0 Å². The van der Waals surface area contributed by atoms with Crippen molar-refractivity contribution in [2.45, 2.75) is 23.6 Å². The molecule has 1 fully saturated rings. The van der Waals surface area contributed by atoms with Gasteiger partial charge in [-0.2, -0.15) is 0 Å². The van der Waals surface area contributed by atoms with E-state index in [1.807, 2.05) is 25.1 Å². The average molecular weight is 331 g/mol. The maximum atomic E-state index is 12.2. The lowest BCUT2D eigenvalue weighted by molar-refractivity contribution is -0.117. The number of benzene rings is 1. The molecule has 1 aromatic heterocycles. The van der Waals surface area contributed by atoms with E-state index in [-0.39, 0.29) is 11.8 Å².